The van der Waals surface area contributed by atoms with Crippen LogP contribution in [0, 0.1) is 0 Å². The number of nitrogens with one attached hydrogen (secondary N) is 1. The second-order valence-electron chi connectivity index (χ2n) is 4.43. The average molecular weight is 265 g/mol. The number of aromatic hydroxyl groups is 1. The maximum absolute atomic E-state index is 11.9. The number of likely N-dealkylation sites (tertiary alicyclic amines) is 1. The molecule has 0 radical (unpaired) electrons. The van der Waals surface area contributed by atoms with Crippen molar-refractivity contribution in [3.05, 3.63) is 23.8 Å². The third kappa shape index (κ3) is 2.76. The topological polar surface area (TPSA) is 116 Å². The molecule has 0 spiro atoms. The molecule has 0 aromatic heterocycles. The van der Waals surface area contributed by atoms with E-state index >= 15 is 0 Å². The quantitative estimate of drug-likeness (QED) is 0.586. The lowest BCUT2D eigenvalue weighted by Gasteiger charge is -2.17. The number of hydrogen-bond acceptors (Lipinski definition) is 4. The van der Waals surface area contributed by atoms with Gasteiger partial charge in [0.1, 0.15) is 5.56 Å². The summed E-state index contributed by atoms with van der Waals surface area (Å²) in [5.41, 5.74) is 5.52. The standard InChI is InChI=1S/C12H15N3O4/c13-7-4-5-15(6-7)12(19)14-9-3-1-2-8(10(9)16)11(17)18/h1-3,7,16H,4-6,13H2,(H,14,19)(H,17,18). The number of carboxylic acids is 1. The lowest BCUT2D eigenvalue weighted by Crippen LogP contribution is -2.35. The Kier molecular flexibility index (Phi) is 3.57. The van der Waals surface area contributed by atoms with E-state index < -0.39 is 17.7 Å². The summed E-state index contributed by atoms with van der Waals surface area (Å²) >= 11 is 0. The molecule has 1 aromatic carbocycles. The summed E-state index contributed by atoms with van der Waals surface area (Å²) in [4.78, 5) is 24.3. The molecule has 1 aromatic rings. The lowest BCUT2D eigenvalue weighted by atomic mass is 10.1. The molecular formula is C12H15N3O4. The minimum absolute atomic E-state index is 0.0373. The van der Waals surface area contributed by atoms with Gasteiger partial charge in [0.25, 0.3) is 0 Å². The summed E-state index contributed by atoms with van der Waals surface area (Å²) in [6, 6.07) is 3.72. The van der Waals surface area contributed by atoms with Crippen LogP contribution < -0.4 is 11.1 Å². The zero-order chi connectivity index (χ0) is 14.0. The molecular weight excluding hydrogens is 250 g/mol. The molecule has 19 heavy (non-hydrogen) atoms. The van der Waals surface area contributed by atoms with E-state index in [4.69, 9.17) is 10.8 Å². The van der Waals surface area contributed by atoms with Gasteiger partial charge in [0.05, 0.1) is 5.69 Å². The van der Waals surface area contributed by atoms with Gasteiger partial charge in [0.2, 0.25) is 0 Å². The molecule has 1 aliphatic rings. The Balaban J connectivity index is 2.13. The number of carboxylic acid groups (broad SMARTS) is 1. The first-order chi connectivity index (χ1) is 8.99. The van der Waals surface area contributed by atoms with E-state index in [-0.39, 0.29) is 17.3 Å². The molecule has 1 aliphatic heterocycles. The van der Waals surface area contributed by atoms with Crippen molar-refractivity contribution in [3.63, 3.8) is 0 Å². The number of benzene rings is 1. The van der Waals surface area contributed by atoms with Gasteiger partial charge < -0.3 is 26.2 Å². The number of urea groups is 1. The summed E-state index contributed by atoms with van der Waals surface area (Å²) < 4.78 is 0. The van der Waals surface area contributed by atoms with Crippen LogP contribution in [0.15, 0.2) is 18.2 Å². The second-order valence-corrected chi connectivity index (χ2v) is 4.43. The Morgan fingerprint density at radius 2 is 2.16 bits per heavy atom. The normalized spacial score (nSPS) is 18.4. The zero-order valence-electron chi connectivity index (χ0n) is 10.2. The molecule has 2 amide bonds. The largest absolute Gasteiger partial charge is 0.505 e. The molecule has 7 nitrogen and oxygen atoms in total. The van der Waals surface area contributed by atoms with E-state index in [2.05, 4.69) is 5.32 Å². The summed E-state index contributed by atoms with van der Waals surface area (Å²) in [5, 5.41) is 21.1. The minimum atomic E-state index is -1.25. The average Bonchev–Trinajstić information content (AvgIpc) is 2.78. The van der Waals surface area contributed by atoms with Gasteiger partial charge in [-0.15, -0.1) is 0 Å². The highest BCUT2D eigenvalue weighted by Gasteiger charge is 2.24. The van der Waals surface area contributed by atoms with E-state index in [9.17, 15) is 14.7 Å². The van der Waals surface area contributed by atoms with Crippen molar-refractivity contribution < 1.29 is 19.8 Å². The number of carbonyl (C=O) groups is 2. The predicted octanol–water partition coefficient (Wildman–Crippen LogP) is 0.655. The van der Waals surface area contributed by atoms with E-state index in [0.29, 0.717) is 13.1 Å². The third-order valence-electron chi connectivity index (χ3n) is 3.02. The van der Waals surface area contributed by atoms with Crippen LogP contribution in [0.5, 0.6) is 5.75 Å². The molecule has 1 unspecified atom stereocenters. The zero-order valence-corrected chi connectivity index (χ0v) is 10.2. The smallest absolute Gasteiger partial charge is 0.339 e. The first-order valence-electron chi connectivity index (χ1n) is 5.86. The number of amides is 2. The molecule has 0 saturated carbocycles. The predicted molar refractivity (Wildman–Crippen MR) is 68.3 cm³/mol. The van der Waals surface area contributed by atoms with E-state index in [1.807, 2.05) is 0 Å². The Morgan fingerprint density at radius 1 is 1.42 bits per heavy atom. The highest BCUT2D eigenvalue weighted by Crippen LogP contribution is 2.27. The van der Waals surface area contributed by atoms with Crippen LogP contribution in [0.1, 0.15) is 16.8 Å². The minimum Gasteiger partial charge on any atom is -0.505 e. The Morgan fingerprint density at radius 3 is 2.74 bits per heavy atom. The fourth-order valence-corrected chi connectivity index (χ4v) is 1.98. The van der Waals surface area contributed by atoms with Crippen LogP contribution in [0.3, 0.4) is 0 Å². The van der Waals surface area contributed by atoms with Gasteiger partial charge in [-0.1, -0.05) is 6.07 Å². The van der Waals surface area contributed by atoms with Gasteiger partial charge in [0.15, 0.2) is 5.75 Å². The molecule has 2 rings (SSSR count). The van der Waals surface area contributed by atoms with Crippen LogP contribution in [-0.2, 0) is 0 Å². The van der Waals surface area contributed by atoms with Crippen molar-refractivity contribution in [2.45, 2.75) is 12.5 Å². The molecule has 1 atom stereocenters. The number of rotatable bonds is 2. The number of nitrogens with two attached hydrogens (primary N) is 1. The fourth-order valence-electron chi connectivity index (χ4n) is 1.98. The maximum atomic E-state index is 11.9. The first-order valence-corrected chi connectivity index (χ1v) is 5.86. The third-order valence-corrected chi connectivity index (χ3v) is 3.02. The van der Waals surface area contributed by atoms with Gasteiger partial charge in [-0.3, -0.25) is 0 Å². The van der Waals surface area contributed by atoms with Gasteiger partial charge in [-0.2, -0.15) is 0 Å². The number of nitrogens with zero attached hydrogens (tertiary/aromatic N) is 1. The molecule has 0 aliphatic carbocycles. The number of carbonyl (C=O) groups excluding carboxylic acids is 1. The van der Waals surface area contributed by atoms with Crippen molar-refractivity contribution in [1.29, 1.82) is 0 Å². The lowest BCUT2D eigenvalue weighted by molar-refractivity contribution is 0.0693. The van der Waals surface area contributed by atoms with Gasteiger partial charge >= 0.3 is 12.0 Å². The Labute approximate surface area is 109 Å². The molecule has 1 fully saturated rings. The number of phenols is 1. The van der Waals surface area contributed by atoms with Gasteiger partial charge in [-0.25, -0.2) is 9.59 Å². The SMILES string of the molecule is NC1CCN(C(=O)Nc2cccc(C(=O)O)c2O)C1. The van der Waals surface area contributed by atoms with Gasteiger partial charge in [0, 0.05) is 19.1 Å². The maximum Gasteiger partial charge on any atom is 0.339 e. The Bertz CT molecular complexity index is 518. The monoisotopic (exact) mass is 265 g/mol. The number of para-hydroxylation sites is 1. The van der Waals surface area contributed by atoms with Crippen molar-refractivity contribution in [1.82, 2.24) is 4.90 Å². The van der Waals surface area contributed by atoms with E-state index in [0.717, 1.165) is 6.42 Å². The van der Waals surface area contributed by atoms with Crippen molar-refractivity contribution in [2.24, 2.45) is 5.73 Å². The van der Waals surface area contributed by atoms with E-state index in [1.165, 1.54) is 23.1 Å². The van der Waals surface area contributed by atoms with Crippen molar-refractivity contribution in [3.8, 4) is 5.75 Å². The molecule has 1 heterocycles. The summed E-state index contributed by atoms with van der Waals surface area (Å²) in [6.07, 6.45) is 0.731. The van der Waals surface area contributed by atoms with Crippen LogP contribution in [0.4, 0.5) is 10.5 Å². The number of hydrogen-bond donors (Lipinski definition) is 4. The summed E-state index contributed by atoms with van der Waals surface area (Å²) in [7, 11) is 0. The van der Waals surface area contributed by atoms with E-state index in [1.54, 1.807) is 0 Å². The fraction of sp³-hybridized carbons (Fsp3) is 0.333. The summed E-state index contributed by atoms with van der Waals surface area (Å²) in [6.45, 7) is 0.998. The Hall–Kier alpha value is -2.28. The van der Waals surface area contributed by atoms with Gasteiger partial charge in [-0.05, 0) is 18.6 Å². The van der Waals surface area contributed by atoms with Crippen molar-refractivity contribution >= 4 is 17.7 Å². The highest BCUT2D eigenvalue weighted by molar-refractivity contribution is 5.97. The summed E-state index contributed by atoms with van der Waals surface area (Å²) in [5.74, 6) is -1.70. The molecule has 7 heteroatoms. The molecule has 5 N–H and O–H groups in total. The van der Waals surface area contributed by atoms with Crippen LogP contribution in [0.25, 0.3) is 0 Å². The number of aromatic carboxylic acids is 1. The van der Waals surface area contributed by atoms with Crippen LogP contribution in [-0.4, -0.2) is 46.2 Å². The molecule has 102 valence electrons. The number of anilines is 1. The first kappa shape index (κ1) is 13.2. The van der Waals surface area contributed by atoms with Crippen LogP contribution in [0.2, 0.25) is 0 Å². The highest BCUT2D eigenvalue weighted by atomic mass is 16.4. The second kappa shape index (κ2) is 5.15. The van der Waals surface area contributed by atoms with Crippen molar-refractivity contribution in [2.75, 3.05) is 18.4 Å². The molecule has 1 saturated heterocycles. The molecule has 0 bridgehead atoms. The van der Waals surface area contributed by atoms with Crippen LogP contribution >= 0.6 is 0 Å².